The van der Waals surface area contributed by atoms with Crippen molar-refractivity contribution < 1.29 is 59.1 Å². The average Bonchev–Trinajstić information content (AvgIpc) is 3.52. The molecule has 4 aliphatic rings. The number of phenols is 1. The Kier molecular flexibility index (Phi) is 6.02. The lowest BCUT2D eigenvalue weighted by Crippen LogP contribution is -2.60. The molecule has 5 rings (SSSR count). The molecule has 12 nitrogen and oxygen atoms in total. The number of esters is 1. The topological polar surface area (TPSA) is 188 Å². The molecular formula is C22H26O12. The molecule has 12 heteroatoms. The van der Waals surface area contributed by atoms with Crippen LogP contribution in [0.25, 0.3) is 0 Å². The second kappa shape index (κ2) is 8.73. The molecule has 6 N–H and O–H groups in total. The van der Waals surface area contributed by atoms with Crippen LogP contribution >= 0.6 is 0 Å². The number of phenolic OH excluding ortho intramolecular Hbond substituents is 1. The van der Waals surface area contributed by atoms with Gasteiger partial charge in [-0.25, -0.2) is 4.79 Å². The molecule has 0 amide bonds. The van der Waals surface area contributed by atoms with Gasteiger partial charge in [-0.3, -0.25) is 0 Å². The summed E-state index contributed by atoms with van der Waals surface area (Å²) in [5.74, 6) is -1.78. The Bertz CT molecular complexity index is 934. The first-order valence-electron chi connectivity index (χ1n) is 10.9. The SMILES string of the molecule is O=C(O[C@H]1[C@@H]2C=CO[C@@H](O[C@@H]3O[C@H](CO)[C@@H](O)[C@@H](O)[C@H]3O)[C@@H]2[C@@]2(CO)O[C@@H]12)c1ccc(O)cc1. The Labute approximate surface area is 193 Å². The van der Waals surface area contributed by atoms with E-state index in [1.165, 1.54) is 30.5 Å². The maximum atomic E-state index is 12.7. The normalized spacial score (nSPS) is 44.6. The van der Waals surface area contributed by atoms with Crippen molar-refractivity contribution in [3.05, 3.63) is 42.2 Å². The summed E-state index contributed by atoms with van der Waals surface area (Å²) in [5.41, 5.74) is -0.907. The Hall–Kier alpha value is -2.29. The number of carbonyl (C=O) groups excluding carboxylic acids is 1. The van der Waals surface area contributed by atoms with Gasteiger partial charge in [0.25, 0.3) is 0 Å². The molecule has 0 radical (unpaired) electrons. The number of fused-ring (bicyclic) bond motifs is 3. The van der Waals surface area contributed by atoms with Crippen molar-refractivity contribution >= 4 is 5.97 Å². The second-order valence-electron chi connectivity index (χ2n) is 8.84. The summed E-state index contributed by atoms with van der Waals surface area (Å²) >= 11 is 0. The Morgan fingerprint density at radius 1 is 1.03 bits per heavy atom. The van der Waals surface area contributed by atoms with Gasteiger partial charge in [-0.15, -0.1) is 0 Å². The molecular weight excluding hydrogens is 456 g/mol. The Balaban J connectivity index is 1.34. The summed E-state index contributed by atoms with van der Waals surface area (Å²) in [6.45, 7) is -1.04. The number of rotatable bonds is 6. The molecule has 1 saturated carbocycles. The number of epoxide rings is 1. The standard InChI is InChI=1S/C22H26O12/c23-7-12-14(26)15(27)16(28)21(31-12)33-20-13-11(5-6-30-20)17(18-22(13,8-24)34-18)32-19(29)9-1-3-10(25)4-2-9/h1-6,11-18,20-21,23-28H,7-8H2/t11-,12-,13-,14-,15-,16-,17+,18+,20+,21+,22-/m1/s1. The highest BCUT2D eigenvalue weighted by Crippen LogP contribution is 2.60. The lowest BCUT2D eigenvalue weighted by atomic mass is 9.85. The van der Waals surface area contributed by atoms with Crippen molar-refractivity contribution in [2.75, 3.05) is 13.2 Å². The van der Waals surface area contributed by atoms with E-state index in [-0.39, 0.29) is 11.3 Å². The van der Waals surface area contributed by atoms with Crippen LogP contribution in [0, 0.1) is 11.8 Å². The summed E-state index contributed by atoms with van der Waals surface area (Å²) in [6, 6.07) is 5.56. The van der Waals surface area contributed by atoms with E-state index in [4.69, 9.17) is 23.7 Å². The summed E-state index contributed by atoms with van der Waals surface area (Å²) in [7, 11) is 0. The Morgan fingerprint density at radius 3 is 2.44 bits per heavy atom. The van der Waals surface area contributed by atoms with Crippen molar-refractivity contribution in [3.63, 3.8) is 0 Å². The summed E-state index contributed by atoms with van der Waals surface area (Å²) in [4.78, 5) is 12.7. The molecule has 186 valence electrons. The van der Waals surface area contributed by atoms with Crippen LogP contribution in [0.2, 0.25) is 0 Å². The fourth-order valence-corrected chi connectivity index (χ4v) is 5.08. The average molecular weight is 482 g/mol. The number of hydrogen-bond acceptors (Lipinski definition) is 12. The van der Waals surface area contributed by atoms with Crippen LogP contribution in [-0.2, 0) is 23.7 Å². The third-order valence-corrected chi connectivity index (χ3v) is 6.94. The Morgan fingerprint density at radius 2 is 1.76 bits per heavy atom. The van der Waals surface area contributed by atoms with Crippen LogP contribution in [-0.4, -0.2) is 105 Å². The zero-order valence-electron chi connectivity index (χ0n) is 17.8. The lowest BCUT2D eigenvalue weighted by Gasteiger charge is -2.43. The molecule has 3 fully saturated rings. The lowest BCUT2D eigenvalue weighted by molar-refractivity contribution is -0.344. The van der Waals surface area contributed by atoms with E-state index < -0.39 is 85.8 Å². The number of ether oxygens (including phenoxy) is 5. The zero-order valence-corrected chi connectivity index (χ0v) is 17.8. The van der Waals surface area contributed by atoms with Gasteiger partial charge in [0.1, 0.15) is 48.0 Å². The van der Waals surface area contributed by atoms with Gasteiger partial charge in [0.2, 0.25) is 6.29 Å². The highest BCUT2D eigenvalue weighted by molar-refractivity contribution is 5.89. The van der Waals surface area contributed by atoms with Gasteiger partial charge >= 0.3 is 5.97 Å². The molecule has 0 aromatic heterocycles. The summed E-state index contributed by atoms with van der Waals surface area (Å²) in [6.07, 6.45) is -6.99. The van der Waals surface area contributed by atoms with E-state index in [2.05, 4.69) is 0 Å². The second-order valence-corrected chi connectivity index (χ2v) is 8.84. The van der Waals surface area contributed by atoms with Crippen molar-refractivity contribution in [3.8, 4) is 5.75 Å². The smallest absolute Gasteiger partial charge is 0.338 e. The number of carbonyl (C=O) groups is 1. The number of aromatic hydroxyl groups is 1. The minimum atomic E-state index is -1.64. The van der Waals surface area contributed by atoms with Crippen molar-refractivity contribution in [2.45, 2.75) is 54.8 Å². The van der Waals surface area contributed by atoms with Crippen LogP contribution < -0.4 is 0 Å². The fraction of sp³-hybridized carbons (Fsp3) is 0.591. The first-order chi connectivity index (χ1) is 16.3. The molecule has 1 aromatic rings. The molecule has 11 atom stereocenters. The van der Waals surface area contributed by atoms with E-state index in [0.29, 0.717) is 0 Å². The molecule has 1 aliphatic carbocycles. The molecule has 34 heavy (non-hydrogen) atoms. The highest BCUT2D eigenvalue weighted by atomic mass is 16.8. The van der Waals surface area contributed by atoms with Gasteiger partial charge in [-0.2, -0.15) is 0 Å². The minimum absolute atomic E-state index is 0.00264. The van der Waals surface area contributed by atoms with Gasteiger partial charge in [-0.1, -0.05) is 0 Å². The van der Waals surface area contributed by atoms with Crippen LogP contribution in [0.5, 0.6) is 5.75 Å². The van der Waals surface area contributed by atoms with Gasteiger partial charge in [-0.05, 0) is 30.3 Å². The number of aliphatic hydroxyl groups is 5. The molecule has 0 spiro atoms. The molecule has 0 unspecified atom stereocenters. The van der Waals surface area contributed by atoms with Crippen LogP contribution in [0.4, 0.5) is 0 Å². The number of benzene rings is 1. The molecule has 1 aromatic carbocycles. The van der Waals surface area contributed by atoms with Crippen molar-refractivity contribution in [2.24, 2.45) is 11.8 Å². The van der Waals surface area contributed by atoms with Gasteiger partial charge in [0.05, 0.1) is 31.0 Å². The van der Waals surface area contributed by atoms with E-state index >= 15 is 0 Å². The molecule has 3 aliphatic heterocycles. The van der Waals surface area contributed by atoms with Crippen molar-refractivity contribution in [1.29, 1.82) is 0 Å². The van der Waals surface area contributed by atoms with E-state index in [1.807, 2.05) is 0 Å². The first kappa shape index (κ1) is 23.5. The van der Waals surface area contributed by atoms with Gasteiger partial charge < -0.3 is 54.3 Å². The van der Waals surface area contributed by atoms with E-state index in [1.54, 1.807) is 6.08 Å². The predicted molar refractivity (Wildman–Crippen MR) is 108 cm³/mol. The van der Waals surface area contributed by atoms with Crippen molar-refractivity contribution in [1.82, 2.24) is 0 Å². The van der Waals surface area contributed by atoms with Crippen LogP contribution in [0.15, 0.2) is 36.6 Å². The van der Waals surface area contributed by atoms with Crippen LogP contribution in [0.1, 0.15) is 10.4 Å². The largest absolute Gasteiger partial charge is 0.508 e. The maximum absolute atomic E-state index is 12.7. The number of hydrogen-bond donors (Lipinski definition) is 6. The van der Waals surface area contributed by atoms with E-state index in [0.717, 1.165) is 0 Å². The highest BCUT2D eigenvalue weighted by Gasteiger charge is 2.77. The fourth-order valence-electron chi connectivity index (χ4n) is 5.08. The monoisotopic (exact) mass is 482 g/mol. The molecule has 2 saturated heterocycles. The predicted octanol–water partition coefficient (Wildman–Crippen LogP) is -2.02. The summed E-state index contributed by atoms with van der Waals surface area (Å²) in [5, 5.41) is 59.3. The number of aliphatic hydroxyl groups excluding tert-OH is 5. The maximum Gasteiger partial charge on any atom is 0.338 e. The van der Waals surface area contributed by atoms with E-state index in [9.17, 15) is 35.4 Å². The summed E-state index contributed by atoms with van der Waals surface area (Å²) < 4.78 is 28.3. The molecule has 0 bridgehead atoms. The zero-order chi connectivity index (χ0) is 24.2. The van der Waals surface area contributed by atoms with Gasteiger partial charge in [0, 0.05) is 5.92 Å². The minimum Gasteiger partial charge on any atom is -0.508 e. The molecule has 3 heterocycles. The van der Waals surface area contributed by atoms with Crippen LogP contribution in [0.3, 0.4) is 0 Å². The first-order valence-corrected chi connectivity index (χ1v) is 10.9. The third-order valence-electron chi connectivity index (χ3n) is 6.94. The quantitative estimate of drug-likeness (QED) is 0.193. The van der Waals surface area contributed by atoms with Gasteiger partial charge in [0.15, 0.2) is 6.29 Å². The third kappa shape index (κ3) is 3.67.